The van der Waals surface area contributed by atoms with Gasteiger partial charge in [-0.1, -0.05) is 47.0 Å². The van der Waals surface area contributed by atoms with Crippen LogP contribution in [0.1, 0.15) is 22.3 Å². The van der Waals surface area contributed by atoms with Crippen molar-refractivity contribution in [1.29, 1.82) is 0 Å². The smallest absolute Gasteiger partial charge is 0.124 e. The first-order chi connectivity index (χ1) is 9.60. The predicted octanol–water partition coefficient (Wildman–Crippen LogP) is 4.04. The first kappa shape index (κ1) is 14.9. The number of benzene rings is 2. The molecule has 2 aromatic carbocycles. The molecule has 0 spiro atoms. The van der Waals surface area contributed by atoms with E-state index in [1.165, 1.54) is 16.7 Å². The number of rotatable bonds is 5. The van der Waals surface area contributed by atoms with Crippen LogP contribution in [0.3, 0.4) is 0 Å². The molecular formula is C17H20ClNO. The van der Waals surface area contributed by atoms with Crippen LogP contribution < -0.4 is 10.5 Å². The lowest BCUT2D eigenvalue weighted by atomic mass is 10.1. The van der Waals surface area contributed by atoms with E-state index in [2.05, 4.69) is 32.0 Å². The average molecular weight is 290 g/mol. The van der Waals surface area contributed by atoms with Gasteiger partial charge < -0.3 is 10.5 Å². The Morgan fingerprint density at radius 2 is 1.80 bits per heavy atom. The van der Waals surface area contributed by atoms with E-state index in [4.69, 9.17) is 22.1 Å². The Hall–Kier alpha value is -1.51. The number of aryl methyl sites for hydroxylation is 2. The summed E-state index contributed by atoms with van der Waals surface area (Å²) in [5.74, 6) is 0.821. The first-order valence-electron chi connectivity index (χ1n) is 6.77. The van der Waals surface area contributed by atoms with Gasteiger partial charge in [0.15, 0.2) is 0 Å². The van der Waals surface area contributed by atoms with Gasteiger partial charge in [0.2, 0.25) is 0 Å². The van der Waals surface area contributed by atoms with Crippen LogP contribution in [0.5, 0.6) is 5.75 Å². The highest BCUT2D eigenvalue weighted by Gasteiger charge is 2.08. The SMILES string of the molecule is Cc1cc(C)cc(COc2cccc(Cl)c2CCN)c1. The molecule has 0 atom stereocenters. The fourth-order valence-electron chi connectivity index (χ4n) is 2.37. The molecule has 2 rings (SSSR count). The summed E-state index contributed by atoms with van der Waals surface area (Å²) < 4.78 is 5.93. The second-order valence-electron chi connectivity index (χ2n) is 5.04. The van der Waals surface area contributed by atoms with Gasteiger partial charge in [-0.2, -0.15) is 0 Å². The summed E-state index contributed by atoms with van der Waals surface area (Å²) in [7, 11) is 0. The van der Waals surface area contributed by atoms with Crippen molar-refractivity contribution in [2.24, 2.45) is 5.73 Å². The largest absolute Gasteiger partial charge is 0.489 e. The molecule has 2 aromatic rings. The van der Waals surface area contributed by atoms with E-state index in [-0.39, 0.29) is 0 Å². The number of nitrogens with two attached hydrogens (primary N) is 1. The molecule has 0 saturated carbocycles. The Balaban J connectivity index is 2.16. The van der Waals surface area contributed by atoms with Crippen LogP contribution in [0.4, 0.5) is 0 Å². The van der Waals surface area contributed by atoms with Gasteiger partial charge in [-0.05, 0) is 44.5 Å². The summed E-state index contributed by atoms with van der Waals surface area (Å²) in [5.41, 5.74) is 10.3. The normalized spacial score (nSPS) is 10.6. The molecule has 20 heavy (non-hydrogen) atoms. The van der Waals surface area contributed by atoms with Crippen LogP contribution in [-0.4, -0.2) is 6.54 Å². The number of halogens is 1. The van der Waals surface area contributed by atoms with Gasteiger partial charge in [-0.15, -0.1) is 0 Å². The minimum atomic E-state index is 0.542. The van der Waals surface area contributed by atoms with Crippen molar-refractivity contribution >= 4 is 11.6 Å². The molecule has 0 unspecified atom stereocenters. The highest BCUT2D eigenvalue weighted by atomic mass is 35.5. The van der Waals surface area contributed by atoms with E-state index in [0.717, 1.165) is 17.7 Å². The molecule has 3 heteroatoms. The molecule has 0 aliphatic rings. The summed E-state index contributed by atoms with van der Waals surface area (Å²) in [4.78, 5) is 0. The standard InChI is InChI=1S/C17H20ClNO/c1-12-8-13(2)10-14(9-12)11-20-17-5-3-4-16(18)15(17)6-7-19/h3-5,8-10H,6-7,11,19H2,1-2H3. The molecule has 0 amide bonds. The highest BCUT2D eigenvalue weighted by molar-refractivity contribution is 6.31. The Bertz CT molecular complexity index is 575. The van der Waals surface area contributed by atoms with Crippen LogP contribution in [0.25, 0.3) is 0 Å². The molecule has 0 heterocycles. The predicted molar refractivity (Wildman–Crippen MR) is 84.5 cm³/mol. The molecule has 0 saturated heterocycles. The van der Waals surface area contributed by atoms with Gasteiger partial charge in [0.05, 0.1) is 0 Å². The second-order valence-corrected chi connectivity index (χ2v) is 5.45. The summed E-state index contributed by atoms with van der Waals surface area (Å²) in [6.45, 7) is 5.29. The van der Waals surface area contributed by atoms with Crippen molar-refractivity contribution < 1.29 is 4.74 Å². The van der Waals surface area contributed by atoms with Gasteiger partial charge in [0, 0.05) is 10.6 Å². The summed E-state index contributed by atoms with van der Waals surface area (Å²) in [5, 5.41) is 0.716. The fraction of sp³-hybridized carbons (Fsp3) is 0.294. The van der Waals surface area contributed by atoms with E-state index >= 15 is 0 Å². The average Bonchev–Trinajstić information content (AvgIpc) is 2.38. The monoisotopic (exact) mass is 289 g/mol. The van der Waals surface area contributed by atoms with Gasteiger partial charge in [0.25, 0.3) is 0 Å². The Morgan fingerprint density at radius 1 is 1.10 bits per heavy atom. The maximum absolute atomic E-state index is 6.20. The topological polar surface area (TPSA) is 35.2 Å². The molecule has 0 fully saturated rings. The maximum atomic E-state index is 6.20. The Labute approximate surface area is 125 Å². The molecule has 2 N–H and O–H groups in total. The lowest BCUT2D eigenvalue weighted by Gasteiger charge is -2.13. The summed E-state index contributed by atoms with van der Waals surface area (Å²) in [6.07, 6.45) is 0.724. The molecular weight excluding hydrogens is 270 g/mol. The van der Waals surface area contributed by atoms with E-state index in [9.17, 15) is 0 Å². The van der Waals surface area contributed by atoms with Crippen LogP contribution in [-0.2, 0) is 13.0 Å². The van der Waals surface area contributed by atoms with Crippen molar-refractivity contribution in [2.75, 3.05) is 6.54 Å². The zero-order chi connectivity index (χ0) is 14.5. The number of hydrogen-bond acceptors (Lipinski definition) is 2. The van der Waals surface area contributed by atoms with Crippen molar-refractivity contribution in [3.05, 3.63) is 63.7 Å². The summed E-state index contributed by atoms with van der Waals surface area (Å²) in [6, 6.07) is 12.2. The van der Waals surface area contributed by atoms with Gasteiger partial charge >= 0.3 is 0 Å². The first-order valence-corrected chi connectivity index (χ1v) is 7.15. The third kappa shape index (κ3) is 3.75. The Morgan fingerprint density at radius 3 is 2.45 bits per heavy atom. The zero-order valence-corrected chi connectivity index (χ0v) is 12.7. The minimum Gasteiger partial charge on any atom is -0.489 e. The molecule has 0 radical (unpaired) electrons. The van der Waals surface area contributed by atoms with Crippen molar-refractivity contribution in [1.82, 2.24) is 0 Å². The quantitative estimate of drug-likeness (QED) is 0.902. The number of ether oxygens (including phenoxy) is 1. The fourth-order valence-corrected chi connectivity index (χ4v) is 2.63. The zero-order valence-electron chi connectivity index (χ0n) is 11.9. The van der Waals surface area contributed by atoms with E-state index < -0.39 is 0 Å². The molecule has 0 aromatic heterocycles. The van der Waals surface area contributed by atoms with Crippen molar-refractivity contribution in [3.63, 3.8) is 0 Å². The third-order valence-electron chi connectivity index (χ3n) is 3.15. The lowest BCUT2D eigenvalue weighted by molar-refractivity contribution is 0.303. The van der Waals surface area contributed by atoms with Crippen molar-refractivity contribution in [2.45, 2.75) is 26.9 Å². The minimum absolute atomic E-state index is 0.542. The lowest BCUT2D eigenvalue weighted by Crippen LogP contribution is -2.06. The molecule has 2 nitrogen and oxygen atoms in total. The van der Waals surface area contributed by atoms with E-state index in [0.29, 0.717) is 18.2 Å². The van der Waals surface area contributed by atoms with Crippen molar-refractivity contribution in [3.8, 4) is 5.75 Å². The Kier molecular flexibility index (Phi) is 5.05. The van der Waals surface area contributed by atoms with E-state index in [1.54, 1.807) is 0 Å². The highest BCUT2D eigenvalue weighted by Crippen LogP contribution is 2.27. The van der Waals surface area contributed by atoms with E-state index in [1.807, 2.05) is 18.2 Å². The third-order valence-corrected chi connectivity index (χ3v) is 3.50. The second kappa shape index (κ2) is 6.78. The van der Waals surface area contributed by atoms with Gasteiger partial charge in [-0.3, -0.25) is 0 Å². The molecule has 106 valence electrons. The maximum Gasteiger partial charge on any atom is 0.124 e. The van der Waals surface area contributed by atoms with Crippen LogP contribution in [0.15, 0.2) is 36.4 Å². The summed E-state index contributed by atoms with van der Waals surface area (Å²) >= 11 is 6.20. The van der Waals surface area contributed by atoms with Crippen LogP contribution >= 0.6 is 11.6 Å². The molecule has 0 aliphatic carbocycles. The number of hydrogen-bond donors (Lipinski definition) is 1. The molecule has 0 bridgehead atoms. The van der Waals surface area contributed by atoms with Crippen LogP contribution in [0, 0.1) is 13.8 Å². The van der Waals surface area contributed by atoms with Crippen LogP contribution in [0.2, 0.25) is 5.02 Å². The van der Waals surface area contributed by atoms with Gasteiger partial charge in [-0.25, -0.2) is 0 Å². The van der Waals surface area contributed by atoms with Gasteiger partial charge in [0.1, 0.15) is 12.4 Å². The molecule has 0 aliphatic heterocycles.